The van der Waals surface area contributed by atoms with Crippen molar-refractivity contribution in [2.45, 2.75) is 32.2 Å². The molecular formula is C21H23N3O. The Morgan fingerprint density at radius 2 is 1.88 bits per heavy atom. The van der Waals surface area contributed by atoms with Crippen molar-refractivity contribution in [3.8, 4) is 0 Å². The Bertz CT molecular complexity index is 881. The Hall–Kier alpha value is -2.62. The highest BCUT2D eigenvalue weighted by Gasteiger charge is 2.29. The lowest BCUT2D eigenvalue weighted by molar-refractivity contribution is -0.122. The van der Waals surface area contributed by atoms with Gasteiger partial charge in [-0.15, -0.1) is 0 Å². The lowest BCUT2D eigenvalue weighted by atomic mass is 10.1. The summed E-state index contributed by atoms with van der Waals surface area (Å²) in [5.41, 5.74) is 3.41. The van der Waals surface area contributed by atoms with E-state index in [1.54, 1.807) is 0 Å². The van der Waals surface area contributed by atoms with Gasteiger partial charge in [-0.3, -0.25) is 4.79 Å². The summed E-state index contributed by atoms with van der Waals surface area (Å²) in [6.45, 7) is 2.84. The minimum atomic E-state index is 0.193. The molecule has 0 radical (unpaired) electrons. The fourth-order valence-corrected chi connectivity index (χ4v) is 3.37. The molecule has 1 aliphatic rings. The van der Waals surface area contributed by atoms with E-state index < -0.39 is 0 Å². The summed E-state index contributed by atoms with van der Waals surface area (Å²) in [5.74, 6) is 1.47. The highest BCUT2D eigenvalue weighted by Crippen LogP contribution is 2.29. The molecule has 2 aromatic carbocycles. The molecule has 1 atom stereocenters. The van der Waals surface area contributed by atoms with Gasteiger partial charge in [0.15, 0.2) is 0 Å². The molecule has 25 heavy (non-hydrogen) atoms. The SMILES string of the molecule is CC(c1ccccc1)n1c(CCNC(=O)C2CC2)nc2ccccc21. The highest BCUT2D eigenvalue weighted by atomic mass is 16.2. The predicted octanol–water partition coefficient (Wildman–Crippen LogP) is 3.71. The topological polar surface area (TPSA) is 46.9 Å². The van der Waals surface area contributed by atoms with E-state index in [0.717, 1.165) is 36.1 Å². The minimum absolute atomic E-state index is 0.193. The van der Waals surface area contributed by atoms with E-state index in [2.05, 4.69) is 59.3 Å². The summed E-state index contributed by atoms with van der Waals surface area (Å²) in [7, 11) is 0. The van der Waals surface area contributed by atoms with E-state index in [4.69, 9.17) is 4.98 Å². The van der Waals surface area contributed by atoms with Crippen LogP contribution in [0.5, 0.6) is 0 Å². The number of amides is 1. The Morgan fingerprint density at radius 1 is 1.16 bits per heavy atom. The van der Waals surface area contributed by atoms with Crippen LogP contribution in [0.4, 0.5) is 0 Å². The van der Waals surface area contributed by atoms with Gasteiger partial charge in [-0.05, 0) is 37.5 Å². The second-order valence-electron chi connectivity index (χ2n) is 6.79. The van der Waals surface area contributed by atoms with Crippen molar-refractivity contribution in [3.63, 3.8) is 0 Å². The van der Waals surface area contributed by atoms with Gasteiger partial charge < -0.3 is 9.88 Å². The Labute approximate surface area is 147 Å². The van der Waals surface area contributed by atoms with Crippen molar-refractivity contribution in [1.29, 1.82) is 0 Å². The predicted molar refractivity (Wildman–Crippen MR) is 99.4 cm³/mol. The van der Waals surface area contributed by atoms with Crippen LogP contribution < -0.4 is 5.32 Å². The van der Waals surface area contributed by atoms with Crippen LogP contribution in [-0.4, -0.2) is 22.0 Å². The quantitative estimate of drug-likeness (QED) is 0.747. The first-order valence-corrected chi connectivity index (χ1v) is 9.02. The second-order valence-corrected chi connectivity index (χ2v) is 6.79. The van der Waals surface area contributed by atoms with E-state index in [1.807, 2.05) is 12.1 Å². The number of aromatic nitrogens is 2. The van der Waals surface area contributed by atoms with Gasteiger partial charge in [0.05, 0.1) is 17.1 Å². The number of nitrogens with zero attached hydrogens (tertiary/aromatic N) is 2. The maximum atomic E-state index is 11.9. The van der Waals surface area contributed by atoms with Crippen molar-refractivity contribution in [3.05, 3.63) is 66.0 Å². The van der Waals surface area contributed by atoms with Crippen LogP contribution in [0, 0.1) is 5.92 Å². The number of hydrogen-bond acceptors (Lipinski definition) is 2. The molecule has 3 aromatic rings. The summed E-state index contributed by atoms with van der Waals surface area (Å²) in [6.07, 6.45) is 2.81. The fourth-order valence-electron chi connectivity index (χ4n) is 3.37. The zero-order valence-corrected chi connectivity index (χ0v) is 14.5. The van der Waals surface area contributed by atoms with Crippen LogP contribution in [-0.2, 0) is 11.2 Å². The first-order valence-electron chi connectivity index (χ1n) is 9.02. The maximum Gasteiger partial charge on any atom is 0.223 e. The van der Waals surface area contributed by atoms with Crippen molar-refractivity contribution in [2.75, 3.05) is 6.54 Å². The highest BCUT2D eigenvalue weighted by molar-refractivity contribution is 5.80. The first-order chi connectivity index (χ1) is 12.2. The Kier molecular flexibility index (Phi) is 4.26. The summed E-state index contributed by atoms with van der Waals surface area (Å²) in [5, 5.41) is 3.05. The number of benzene rings is 2. The molecule has 0 aliphatic heterocycles. The fraction of sp³-hybridized carbons (Fsp3) is 0.333. The van der Waals surface area contributed by atoms with Crippen molar-refractivity contribution in [2.24, 2.45) is 5.92 Å². The molecule has 128 valence electrons. The number of carbonyl (C=O) groups is 1. The molecule has 0 bridgehead atoms. The molecule has 4 nitrogen and oxygen atoms in total. The standard InChI is InChI=1S/C21H23N3O/c1-15(16-7-3-2-4-8-16)24-19-10-6-5-9-18(19)23-20(24)13-14-22-21(25)17-11-12-17/h2-10,15,17H,11-14H2,1H3,(H,22,25). The van der Waals surface area contributed by atoms with E-state index >= 15 is 0 Å². The number of hydrogen-bond donors (Lipinski definition) is 1. The molecule has 1 N–H and O–H groups in total. The molecule has 1 saturated carbocycles. The normalized spacial score (nSPS) is 15.2. The first kappa shape index (κ1) is 15.9. The second kappa shape index (κ2) is 6.71. The number of fused-ring (bicyclic) bond motifs is 1. The monoisotopic (exact) mass is 333 g/mol. The zero-order valence-electron chi connectivity index (χ0n) is 14.5. The summed E-state index contributed by atoms with van der Waals surface area (Å²) in [6, 6.07) is 18.9. The molecular weight excluding hydrogens is 310 g/mol. The number of para-hydroxylation sites is 2. The zero-order chi connectivity index (χ0) is 17.2. The summed E-state index contributed by atoms with van der Waals surface area (Å²) >= 11 is 0. The average Bonchev–Trinajstić information content (AvgIpc) is 3.43. The number of imidazole rings is 1. The van der Waals surface area contributed by atoms with Crippen LogP contribution in [0.2, 0.25) is 0 Å². The lowest BCUT2D eigenvalue weighted by Crippen LogP contribution is -2.28. The number of rotatable bonds is 6. The summed E-state index contributed by atoms with van der Waals surface area (Å²) in [4.78, 5) is 16.7. The van der Waals surface area contributed by atoms with E-state index in [9.17, 15) is 4.79 Å². The van der Waals surface area contributed by atoms with Crippen LogP contribution in [0.25, 0.3) is 11.0 Å². The van der Waals surface area contributed by atoms with Crippen LogP contribution in [0.3, 0.4) is 0 Å². The van der Waals surface area contributed by atoms with Gasteiger partial charge in [0.25, 0.3) is 0 Å². The van der Waals surface area contributed by atoms with E-state index in [1.165, 1.54) is 5.56 Å². The van der Waals surface area contributed by atoms with Gasteiger partial charge in [-0.25, -0.2) is 4.98 Å². The third kappa shape index (κ3) is 3.29. The van der Waals surface area contributed by atoms with Gasteiger partial charge in [0, 0.05) is 18.9 Å². The average molecular weight is 333 g/mol. The van der Waals surface area contributed by atoms with Gasteiger partial charge in [0.1, 0.15) is 5.82 Å². The molecule has 4 rings (SSSR count). The molecule has 1 fully saturated rings. The summed E-state index contributed by atoms with van der Waals surface area (Å²) < 4.78 is 2.30. The van der Waals surface area contributed by atoms with Gasteiger partial charge >= 0.3 is 0 Å². The third-order valence-electron chi connectivity index (χ3n) is 4.93. The minimum Gasteiger partial charge on any atom is -0.355 e. The van der Waals surface area contributed by atoms with Crippen molar-refractivity contribution < 1.29 is 4.79 Å². The molecule has 1 heterocycles. The maximum absolute atomic E-state index is 11.9. The molecule has 1 amide bonds. The largest absolute Gasteiger partial charge is 0.355 e. The lowest BCUT2D eigenvalue weighted by Gasteiger charge is -2.18. The molecule has 1 unspecified atom stereocenters. The Balaban J connectivity index is 1.62. The van der Waals surface area contributed by atoms with E-state index in [0.29, 0.717) is 6.54 Å². The molecule has 0 saturated heterocycles. The Morgan fingerprint density at radius 3 is 2.64 bits per heavy atom. The molecule has 1 aromatic heterocycles. The molecule has 0 spiro atoms. The van der Waals surface area contributed by atoms with Crippen molar-refractivity contribution >= 4 is 16.9 Å². The molecule has 4 heteroatoms. The van der Waals surface area contributed by atoms with Crippen molar-refractivity contribution in [1.82, 2.24) is 14.9 Å². The number of nitrogens with one attached hydrogen (secondary N) is 1. The van der Waals surface area contributed by atoms with Gasteiger partial charge in [0.2, 0.25) is 5.91 Å². The number of carbonyl (C=O) groups excluding carboxylic acids is 1. The smallest absolute Gasteiger partial charge is 0.223 e. The molecule has 1 aliphatic carbocycles. The third-order valence-corrected chi connectivity index (χ3v) is 4.93. The van der Waals surface area contributed by atoms with Gasteiger partial charge in [-0.2, -0.15) is 0 Å². The van der Waals surface area contributed by atoms with Crippen LogP contribution in [0.1, 0.15) is 37.2 Å². The van der Waals surface area contributed by atoms with Crippen LogP contribution >= 0.6 is 0 Å². The van der Waals surface area contributed by atoms with Crippen LogP contribution in [0.15, 0.2) is 54.6 Å². The van der Waals surface area contributed by atoms with Gasteiger partial charge in [-0.1, -0.05) is 42.5 Å². The van der Waals surface area contributed by atoms with E-state index in [-0.39, 0.29) is 17.9 Å².